The molecule has 1 N–H and O–H groups in total. The number of carbonyl (C=O) groups is 2. The van der Waals surface area contributed by atoms with Crippen LogP contribution in [0.3, 0.4) is 0 Å². The second-order valence-electron chi connectivity index (χ2n) is 5.82. The van der Waals surface area contributed by atoms with E-state index < -0.39 is 17.4 Å². The molecule has 1 aromatic rings. The number of carbonyl (C=O) groups excluding carboxylic acids is 2. The number of aromatic nitrogens is 1. The van der Waals surface area contributed by atoms with Gasteiger partial charge in [0.2, 0.25) is 5.91 Å². The number of hydrogen-bond donors (Lipinski definition) is 1. The van der Waals surface area contributed by atoms with Gasteiger partial charge in [-0.3, -0.25) is 9.78 Å². The Kier molecular flexibility index (Phi) is 6.10. The fraction of sp³-hybridized carbons (Fsp3) is 0.438. The van der Waals surface area contributed by atoms with Crippen molar-refractivity contribution < 1.29 is 19.1 Å². The van der Waals surface area contributed by atoms with Crippen LogP contribution in [0.1, 0.15) is 26.3 Å². The molecule has 0 fully saturated rings. The summed E-state index contributed by atoms with van der Waals surface area (Å²) in [5, 5.41) is 2.65. The number of hydrogen-bond acceptors (Lipinski definition) is 5. The summed E-state index contributed by atoms with van der Waals surface area (Å²) in [6.07, 6.45) is 6.12. The fourth-order valence-corrected chi connectivity index (χ4v) is 1.75. The van der Waals surface area contributed by atoms with Crippen molar-refractivity contribution in [1.82, 2.24) is 10.3 Å². The maximum atomic E-state index is 12.0. The van der Waals surface area contributed by atoms with Crippen LogP contribution in [-0.4, -0.2) is 37.1 Å². The van der Waals surface area contributed by atoms with Gasteiger partial charge in [0.1, 0.15) is 11.8 Å². The minimum atomic E-state index is -0.724. The molecule has 22 heavy (non-hydrogen) atoms. The highest BCUT2D eigenvalue weighted by Gasteiger charge is 2.33. The number of ether oxygens (including phenoxy) is 2. The number of methoxy groups -OCH3 is 2. The van der Waals surface area contributed by atoms with E-state index >= 15 is 0 Å². The first-order valence-corrected chi connectivity index (χ1v) is 6.83. The van der Waals surface area contributed by atoms with E-state index in [1.54, 1.807) is 31.6 Å². The van der Waals surface area contributed by atoms with Crippen LogP contribution >= 0.6 is 0 Å². The first-order valence-electron chi connectivity index (χ1n) is 6.83. The Hall–Kier alpha value is -2.37. The molecule has 0 unspecified atom stereocenters. The van der Waals surface area contributed by atoms with Crippen LogP contribution in [0, 0.1) is 5.41 Å². The second kappa shape index (κ2) is 7.59. The Morgan fingerprint density at radius 3 is 2.50 bits per heavy atom. The predicted octanol–water partition coefficient (Wildman–Crippen LogP) is 1.81. The van der Waals surface area contributed by atoms with E-state index in [9.17, 15) is 9.59 Å². The molecule has 1 atom stereocenters. The number of nitrogens with one attached hydrogen (secondary N) is 1. The predicted molar refractivity (Wildman–Crippen MR) is 83.2 cm³/mol. The van der Waals surface area contributed by atoms with Gasteiger partial charge in [-0.25, -0.2) is 4.79 Å². The van der Waals surface area contributed by atoms with Crippen LogP contribution in [0.25, 0.3) is 6.08 Å². The van der Waals surface area contributed by atoms with Crippen molar-refractivity contribution in [3.8, 4) is 5.75 Å². The molecule has 0 radical (unpaired) electrons. The fourth-order valence-electron chi connectivity index (χ4n) is 1.75. The average Bonchev–Trinajstić information content (AvgIpc) is 2.49. The molecule has 0 bridgehead atoms. The molecule has 1 rings (SSSR count). The zero-order chi connectivity index (χ0) is 16.8. The van der Waals surface area contributed by atoms with Crippen molar-refractivity contribution in [2.45, 2.75) is 26.8 Å². The van der Waals surface area contributed by atoms with Gasteiger partial charge in [0.15, 0.2) is 0 Å². The van der Waals surface area contributed by atoms with Crippen molar-refractivity contribution in [2.24, 2.45) is 5.41 Å². The molecule has 0 aliphatic rings. The van der Waals surface area contributed by atoms with E-state index in [1.165, 1.54) is 13.2 Å². The van der Waals surface area contributed by atoms with Gasteiger partial charge in [0.05, 0.1) is 20.4 Å². The summed E-state index contributed by atoms with van der Waals surface area (Å²) in [5.41, 5.74) is 0.272. The molecule has 0 aliphatic heterocycles. The van der Waals surface area contributed by atoms with E-state index in [1.807, 2.05) is 20.8 Å². The molecular weight excluding hydrogens is 284 g/mol. The summed E-state index contributed by atoms with van der Waals surface area (Å²) in [6.45, 7) is 5.56. The zero-order valence-electron chi connectivity index (χ0n) is 13.5. The minimum absolute atomic E-state index is 0.381. The highest BCUT2D eigenvalue weighted by molar-refractivity contribution is 5.94. The van der Waals surface area contributed by atoms with Crippen LogP contribution in [0.15, 0.2) is 24.5 Å². The molecule has 0 saturated heterocycles. The van der Waals surface area contributed by atoms with Crippen molar-refractivity contribution in [3.05, 3.63) is 30.1 Å². The second-order valence-corrected chi connectivity index (χ2v) is 5.82. The van der Waals surface area contributed by atoms with Crippen molar-refractivity contribution >= 4 is 18.0 Å². The van der Waals surface area contributed by atoms with Gasteiger partial charge in [0.25, 0.3) is 0 Å². The van der Waals surface area contributed by atoms with E-state index in [-0.39, 0.29) is 5.91 Å². The lowest BCUT2D eigenvalue weighted by Gasteiger charge is -2.28. The smallest absolute Gasteiger partial charge is 0.328 e. The van der Waals surface area contributed by atoms with Crippen LogP contribution < -0.4 is 10.1 Å². The monoisotopic (exact) mass is 306 g/mol. The Morgan fingerprint density at radius 2 is 1.95 bits per heavy atom. The molecule has 1 heterocycles. The van der Waals surface area contributed by atoms with Gasteiger partial charge in [-0.1, -0.05) is 20.8 Å². The Morgan fingerprint density at radius 1 is 1.27 bits per heavy atom. The lowest BCUT2D eigenvalue weighted by Crippen LogP contribution is -2.49. The maximum absolute atomic E-state index is 12.0. The average molecular weight is 306 g/mol. The Bertz CT molecular complexity index is 562. The maximum Gasteiger partial charge on any atom is 0.328 e. The third-order valence-corrected chi connectivity index (χ3v) is 2.99. The third kappa shape index (κ3) is 5.20. The molecule has 1 aromatic heterocycles. The summed E-state index contributed by atoms with van der Waals surface area (Å²) in [6, 6.07) is 1.02. The number of rotatable bonds is 5. The molecular formula is C16H22N2O4. The zero-order valence-corrected chi connectivity index (χ0v) is 13.5. The topological polar surface area (TPSA) is 77.5 Å². The van der Waals surface area contributed by atoms with Gasteiger partial charge in [-0.2, -0.15) is 0 Å². The lowest BCUT2D eigenvalue weighted by molar-refractivity contribution is -0.147. The first-order chi connectivity index (χ1) is 10.3. The molecule has 0 aliphatic carbocycles. The normalized spacial score (nSPS) is 12.8. The van der Waals surface area contributed by atoms with Crippen molar-refractivity contribution in [3.63, 3.8) is 0 Å². The minimum Gasteiger partial charge on any atom is -0.495 e. The lowest BCUT2D eigenvalue weighted by atomic mass is 9.86. The van der Waals surface area contributed by atoms with E-state index in [2.05, 4.69) is 10.3 Å². The summed E-state index contributed by atoms with van der Waals surface area (Å²) in [4.78, 5) is 27.7. The summed E-state index contributed by atoms with van der Waals surface area (Å²) in [7, 11) is 2.84. The highest BCUT2D eigenvalue weighted by Crippen LogP contribution is 2.20. The van der Waals surface area contributed by atoms with Crippen LogP contribution in [-0.2, 0) is 14.3 Å². The summed E-state index contributed by atoms with van der Waals surface area (Å²) < 4.78 is 9.79. The van der Waals surface area contributed by atoms with E-state index in [4.69, 9.17) is 9.47 Å². The third-order valence-electron chi connectivity index (χ3n) is 2.99. The van der Waals surface area contributed by atoms with Crippen LogP contribution in [0.5, 0.6) is 5.75 Å². The number of amides is 1. The quantitative estimate of drug-likeness (QED) is 0.663. The molecule has 1 amide bonds. The number of pyridine rings is 1. The molecule has 0 saturated carbocycles. The van der Waals surface area contributed by atoms with Gasteiger partial charge < -0.3 is 14.8 Å². The van der Waals surface area contributed by atoms with Crippen molar-refractivity contribution in [1.29, 1.82) is 0 Å². The van der Waals surface area contributed by atoms with Gasteiger partial charge in [-0.15, -0.1) is 0 Å². The highest BCUT2D eigenvalue weighted by atomic mass is 16.5. The standard InChI is InChI=1S/C16H22N2O4/c1-16(2,3)14(15(20)22-5)18-13(19)7-6-11-8-12(21-4)10-17-9-11/h6-10,14H,1-5H3,(H,18,19)/b7-6+/t14-/m1/s1. The van der Waals surface area contributed by atoms with Crippen LogP contribution in [0.2, 0.25) is 0 Å². The van der Waals surface area contributed by atoms with Crippen LogP contribution in [0.4, 0.5) is 0 Å². The molecule has 6 nitrogen and oxygen atoms in total. The van der Waals surface area contributed by atoms with Gasteiger partial charge >= 0.3 is 5.97 Å². The summed E-state index contributed by atoms with van der Waals surface area (Å²) in [5.74, 6) is -0.255. The summed E-state index contributed by atoms with van der Waals surface area (Å²) >= 11 is 0. The number of esters is 1. The molecule has 0 spiro atoms. The first kappa shape index (κ1) is 17.7. The SMILES string of the molecule is COC(=O)[C@@H](NC(=O)/C=C/c1cncc(OC)c1)C(C)(C)C. The molecule has 120 valence electrons. The Labute approximate surface area is 130 Å². The van der Waals surface area contributed by atoms with E-state index in [0.717, 1.165) is 5.56 Å². The van der Waals surface area contributed by atoms with E-state index in [0.29, 0.717) is 5.75 Å². The van der Waals surface area contributed by atoms with Gasteiger partial charge in [-0.05, 0) is 23.1 Å². The molecule has 0 aromatic carbocycles. The number of nitrogens with zero attached hydrogens (tertiary/aromatic N) is 1. The van der Waals surface area contributed by atoms with Crippen molar-refractivity contribution in [2.75, 3.05) is 14.2 Å². The molecule has 6 heteroatoms. The van der Waals surface area contributed by atoms with Gasteiger partial charge in [0, 0.05) is 12.3 Å². The Balaban J connectivity index is 2.78. The largest absolute Gasteiger partial charge is 0.495 e.